The third-order valence-corrected chi connectivity index (χ3v) is 3.05. The molecule has 0 fully saturated rings. The van der Waals surface area contributed by atoms with Gasteiger partial charge < -0.3 is 5.73 Å². The maximum Gasteiger partial charge on any atom is 0.416 e. The van der Waals surface area contributed by atoms with Crippen molar-refractivity contribution in [1.29, 1.82) is 0 Å². The Bertz CT molecular complexity index is 666. The van der Waals surface area contributed by atoms with Gasteiger partial charge in [0, 0.05) is 23.7 Å². The highest BCUT2D eigenvalue weighted by Gasteiger charge is 2.31. The third-order valence-electron chi connectivity index (χ3n) is 3.05. The molecular formula is C14H17F3N4. The van der Waals surface area contributed by atoms with Crippen LogP contribution in [0.5, 0.6) is 0 Å². The van der Waals surface area contributed by atoms with Crippen LogP contribution < -0.4 is 5.73 Å². The molecule has 0 spiro atoms. The molecule has 0 amide bonds. The lowest BCUT2D eigenvalue weighted by atomic mass is 9.96. The first-order valence-electron chi connectivity index (χ1n) is 6.39. The summed E-state index contributed by atoms with van der Waals surface area (Å²) in [5, 5.41) is 4.30. The zero-order valence-electron chi connectivity index (χ0n) is 12.3. The van der Waals surface area contributed by atoms with E-state index in [2.05, 4.69) is 10.1 Å². The van der Waals surface area contributed by atoms with E-state index in [0.29, 0.717) is 17.2 Å². The van der Waals surface area contributed by atoms with Gasteiger partial charge >= 0.3 is 6.18 Å². The van der Waals surface area contributed by atoms with Gasteiger partial charge in [-0.05, 0) is 18.2 Å². The molecule has 0 aliphatic rings. The molecule has 2 N–H and O–H groups in total. The standard InChI is InChI=1S/C14H17F3N4/c1-13(2,3)12-19-11(21(4)20-12)9-6-5-8(7-10(9)18)14(15,16)17/h5-7H,18H2,1-4H3. The Morgan fingerprint density at radius 3 is 2.19 bits per heavy atom. The van der Waals surface area contributed by atoms with Crippen LogP contribution in [0.25, 0.3) is 11.4 Å². The maximum atomic E-state index is 12.7. The second kappa shape index (κ2) is 4.75. The van der Waals surface area contributed by atoms with Crippen LogP contribution in [0.15, 0.2) is 18.2 Å². The number of benzene rings is 1. The summed E-state index contributed by atoms with van der Waals surface area (Å²) < 4.78 is 39.5. The molecule has 0 aliphatic carbocycles. The van der Waals surface area contributed by atoms with Gasteiger partial charge in [-0.25, -0.2) is 9.67 Å². The van der Waals surface area contributed by atoms with E-state index < -0.39 is 11.7 Å². The summed E-state index contributed by atoms with van der Waals surface area (Å²) >= 11 is 0. The second-order valence-corrected chi connectivity index (χ2v) is 5.93. The smallest absolute Gasteiger partial charge is 0.398 e. The first kappa shape index (κ1) is 15.3. The summed E-state index contributed by atoms with van der Waals surface area (Å²) in [6, 6.07) is 3.24. The summed E-state index contributed by atoms with van der Waals surface area (Å²) in [6.45, 7) is 5.88. The van der Waals surface area contributed by atoms with Gasteiger partial charge in [0.1, 0.15) is 0 Å². The predicted octanol–water partition coefficient (Wildman–Crippen LogP) is 3.38. The van der Waals surface area contributed by atoms with Crippen LogP contribution in [0.3, 0.4) is 0 Å². The summed E-state index contributed by atoms with van der Waals surface area (Å²) in [5.41, 5.74) is 5.19. The normalized spacial score (nSPS) is 12.7. The number of anilines is 1. The number of nitrogens with two attached hydrogens (primary N) is 1. The minimum atomic E-state index is -4.41. The second-order valence-electron chi connectivity index (χ2n) is 5.93. The van der Waals surface area contributed by atoms with Crippen molar-refractivity contribution < 1.29 is 13.2 Å². The van der Waals surface area contributed by atoms with E-state index in [1.165, 1.54) is 10.7 Å². The fourth-order valence-electron chi connectivity index (χ4n) is 1.88. The third kappa shape index (κ3) is 3.01. The highest BCUT2D eigenvalue weighted by molar-refractivity contribution is 5.72. The highest BCUT2D eigenvalue weighted by atomic mass is 19.4. The number of alkyl halides is 3. The van der Waals surface area contributed by atoms with Crippen LogP contribution in [0.4, 0.5) is 18.9 Å². The summed E-state index contributed by atoms with van der Waals surface area (Å²) in [6.07, 6.45) is -4.41. The van der Waals surface area contributed by atoms with E-state index in [1.54, 1.807) is 7.05 Å². The SMILES string of the molecule is Cn1nc(C(C)(C)C)nc1-c1ccc(C(F)(F)F)cc1N. The Morgan fingerprint density at radius 1 is 1.14 bits per heavy atom. The Kier molecular flexibility index (Phi) is 3.47. The van der Waals surface area contributed by atoms with Crippen LogP contribution in [-0.2, 0) is 18.6 Å². The molecule has 0 aliphatic heterocycles. The van der Waals surface area contributed by atoms with Crippen molar-refractivity contribution in [1.82, 2.24) is 14.8 Å². The molecule has 7 heteroatoms. The fourth-order valence-corrected chi connectivity index (χ4v) is 1.88. The number of nitrogens with zero attached hydrogens (tertiary/aromatic N) is 3. The van der Waals surface area contributed by atoms with E-state index in [9.17, 15) is 13.2 Å². The zero-order valence-corrected chi connectivity index (χ0v) is 12.3. The van der Waals surface area contributed by atoms with Crippen molar-refractivity contribution in [2.45, 2.75) is 32.4 Å². The number of hydrogen-bond donors (Lipinski definition) is 1. The van der Waals surface area contributed by atoms with E-state index in [0.717, 1.165) is 12.1 Å². The topological polar surface area (TPSA) is 56.7 Å². The zero-order chi connectivity index (χ0) is 16.0. The Hall–Kier alpha value is -2.05. The van der Waals surface area contributed by atoms with E-state index >= 15 is 0 Å². The van der Waals surface area contributed by atoms with Crippen molar-refractivity contribution in [3.8, 4) is 11.4 Å². The highest BCUT2D eigenvalue weighted by Crippen LogP contribution is 2.34. The van der Waals surface area contributed by atoms with Crippen LogP contribution in [0.2, 0.25) is 0 Å². The van der Waals surface area contributed by atoms with E-state index in [-0.39, 0.29) is 11.1 Å². The molecule has 21 heavy (non-hydrogen) atoms. The number of hydrogen-bond acceptors (Lipinski definition) is 3. The molecule has 0 radical (unpaired) electrons. The largest absolute Gasteiger partial charge is 0.416 e. The van der Waals surface area contributed by atoms with E-state index in [1.807, 2.05) is 20.8 Å². The number of halogens is 3. The van der Waals surface area contributed by atoms with Crippen molar-refractivity contribution >= 4 is 5.69 Å². The van der Waals surface area contributed by atoms with E-state index in [4.69, 9.17) is 5.73 Å². The summed E-state index contributed by atoms with van der Waals surface area (Å²) in [7, 11) is 1.69. The molecule has 1 aromatic carbocycles. The fraction of sp³-hybridized carbons (Fsp3) is 0.429. The summed E-state index contributed by atoms with van der Waals surface area (Å²) in [5.74, 6) is 1.06. The molecule has 0 atom stereocenters. The van der Waals surface area contributed by atoms with Crippen LogP contribution in [0, 0.1) is 0 Å². The Balaban J connectivity index is 2.51. The number of rotatable bonds is 1. The minimum Gasteiger partial charge on any atom is -0.398 e. The molecular weight excluding hydrogens is 281 g/mol. The number of aryl methyl sites for hydroxylation is 1. The minimum absolute atomic E-state index is 0.0285. The van der Waals surface area contributed by atoms with Crippen molar-refractivity contribution in [3.05, 3.63) is 29.6 Å². The van der Waals surface area contributed by atoms with Gasteiger partial charge in [-0.2, -0.15) is 18.3 Å². The molecule has 0 unspecified atom stereocenters. The lowest BCUT2D eigenvalue weighted by Gasteiger charge is -2.12. The van der Waals surface area contributed by atoms with Crippen LogP contribution in [-0.4, -0.2) is 14.8 Å². The Labute approximate surface area is 120 Å². The average Bonchev–Trinajstić information content (AvgIpc) is 2.70. The molecule has 1 heterocycles. The quantitative estimate of drug-likeness (QED) is 0.821. The first-order valence-corrected chi connectivity index (χ1v) is 6.39. The maximum absolute atomic E-state index is 12.7. The molecule has 0 saturated carbocycles. The molecule has 2 aromatic rings. The molecule has 2 rings (SSSR count). The average molecular weight is 298 g/mol. The van der Waals surface area contributed by atoms with Gasteiger partial charge in [-0.1, -0.05) is 20.8 Å². The lowest BCUT2D eigenvalue weighted by Crippen LogP contribution is -2.13. The molecule has 0 bridgehead atoms. The number of aromatic nitrogens is 3. The van der Waals surface area contributed by atoms with Crippen molar-refractivity contribution in [2.24, 2.45) is 7.05 Å². The Morgan fingerprint density at radius 2 is 1.76 bits per heavy atom. The van der Waals surface area contributed by atoms with Crippen LogP contribution >= 0.6 is 0 Å². The van der Waals surface area contributed by atoms with Gasteiger partial charge in [0.05, 0.1) is 5.56 Å². The summed E-state index contributed by atoms with van der Waals surface area (Å²) in [4.78, 5) is 4.39. The predicted molar refractivity (Wildman–Crippen MR) is 74.6 cm³/mol. The van der Waals surface area contributed by atoms with Crippen molar-refractivity contribution in [2.75, 3.05) is 5.73 Å². The molecule has 114 valence electrons. The number of nitrogen functional groups attached to an aromatic ring is 1. The monoisotopic (exact) mass is 298 g/mol. The van der Waals surface area contributed by atoms with Gasteiger partial charge in [-0.15, -0.1) is 0 Å². The van der Waals surface area contributed by atoms with Crippen molar-refractivity contribution in [3.63, 3.8) is 0 Å². The first-order chi connectivity index (χ1) is 9.50. The van der Waals surface area contributed by atoms with Crippen LogP contribution in [0.1, 0.15) is 32.2 Å². The van der Waals surface area contributed by atoms with Gasteiger partial charge in [0.2, 0.25) is 0 Å². The van der Waals surface area contributed by atoms with Gasteiger partial charge in [0.15, 0.2) is 11.6 Å². The lowest BCUT2D eigenvalue weighted by molar-refractivity contribution is -0.137. The molecule has 4 nitrogen and oxygen atoms in total. The molecule has 0 saturated heterocycles. The van der Waals surface area contributed by atoms with Gasteiger partial charge in [-0.3, -0.25) is 0 Å². The van der Waals surface area contributed by atoms with Gasteiger partial charge in [0.25, 0.3) is 0 Å². The molecule has 1 aromatic heterocycles.